The van der Waals surface area contributed by atoms with Crippen molar-refractivity contribution in [2.24, 2.45) is 0 Å². The predicted molar refractivity (Wildman–Crippen MR) is 143 cm³/mol. The van der Waals surface area contributed by atoms with Crippen LogP contribution in [0.15, 0.2) is 24.3 Å². The third-order valence-electron chi connectivity index (χ3n) is 7.73. The van der Waals surface area contributed by atoms with E-state index in [-0.39, 0.29) is 30.6 Å². The summed E-state index contributed by atoms with van der Waals surface area (Å²) in [6.45, 7) is 8.42. The lowest BCUT2D eigenvalue weighted by Gasteiger charge is -2.34. The van der Waals surface area contributed by atoms with Crippen LogP contribution in [0.4, 0.5) is 16.4 Å². The van der Waals surface area contributed by atoms with Crippen LogP contribution in [0.1, 0.15) is 54.6 Å². The molecule has 39 heavy (non-hydrogen) atoms. The van der Waals surface area contributed by atoms with Crippen LogP contribution < -0.4 is 15.1 Å². The van der Waals surface area contributed by atoms with E-state index in [1.165, 1.54) is 7.05 Å². The number of nitrogens with one attached hydrogen (secondary N) is 1. The molecular formula is C27H32N8O4. The summed E-state index contributed by atoms with van der Waals surface area (Å²) < 4.78 is 13.1. The number of aryl methyl sites for hydroxylation is 1. The van der Waals surface area contributed by atoms with Crippen LogP contribution in [0.25, 0.3) is 11.5 Å². The topological polar surface area (TPSA) is 128 Å². The minimum Gasteiger partial charge on any atom is -0.443 e. The van der Waals surface area contributed by atoms with Gasteiger partial charge in [-0.1, -0.05) is 6.07 Å². The lowest BCUT2D eigenvalue weighted by Crippen LogP contribution is -2.44. The van der Waals surface area contributed by atoms with Crippen LogP contribution in [0.3, 0.4) is 0 Å². The molecule has 1 N–H and O–H groups in total. The van der Waals surface area contributed by atoms with E-state index in [2.05, 4.69) is 45.8 Å². The summed E-state index contributed by atoms with van der Waals surface area (Å²) >= 11 is 0. The van der Waals surface area contributed by atoms with Crippen LogP contribution >= 0.6 is 0 Å². The molecule has 1 fully saturated rings. The Bertz CT molecular complexity index is 1450. The number of anilines is 2. The molecule has 0 spiro atoms. The van der Waals surface area contributed by atoms with E-state index in [1.54, 1.807) is 4.90 Å². The van der Waals surface area contributed by atoms with Gasteiger partial charge < -0.3 is 24.3 Å². The minimum absolute atomic E-state index is 0.0515. The van der Waals surface area contributed by atoms with Gasteiger partial charge in [-0.3, -0.25) is 9.69 Å². The molecule has 0 aliphatic carbocycles. The zero-order chi connectivity index (χ0) is 27.3. The molecule has 0 radical (unpaired) electrons. The summed E-state index contributed by atoms with van der Waals surface area (Å²) in [4.78, 5) is 39.1. The highest BCUT2D eigenvalue weighted by Gasteiger charge is 2.36. The minimum atomic E-state index is -0.560. The molecule has 12 heteroatoms. The second-order valence-electron chi connectivity index (χ2n) is 10.8. The molecule has 1 atom stereocenters. The fourth-order valence-electron chi connectivity index (χ4n) is 5.59. The number of morpholine rings is 1. The van der Waals surface area contributed by atoms with Crippen LogP contribution in [-0.2, 0) is 34.6 Å². The van der Waals surface area contributed by atoms with Crippen molar-refractivity contribution in [3.05, 3.63) is 46.9 Å². The average molecular weight is 533 g/mol. The fraction of sp³-hybridized carbons (Fsp3) is 0.481. The molecule has 6 heterocycles. The van der Waals surface area contributed by atoms with E-state index in [0.29, 0.717) is 54.2 Å². The van der Waals surface area contributed by atoms with E-state index in [1.807, 2.05) is 24.3 Å². The van der Waals surface area contributed by atoms with Gasteiger partial charge in [0.1, 0.15) is 29.8 Å². The number of carbonyl (C=O) groups excluding carboxylic acids is 2. The first kappa shape index (κ1) is 25.2. The van der Waals surface area contributed by atoms with Crippen molar-refractivity contribution in [3.8, 4) is 11.5 Å². The Morgan fingerprint density at radius 1 is 1.23 bits per heavy atom. The second kappa shape index (κ2) is 9.60. The Morgan fingerprint density at radius 3 is 2.87 bits per heavy atom. The first-order valence-corrected chi connectivity index (χ1v) is 13.2. The first-order chi connectivity index (χ1) is 18.8. The molecule has 1 saturated heterocycles. The average Bonchev–Trinajstić information content (AvgIpc) is 3.61. The van der Waals surface area contributed by atoms with Crippen molar-refractivity contribution in [1.29, 1.82) is 0 Å². The number of carbonyl (C=O) groups is 2. The Morgan fingerprint density at radius 2 is 2.08 bits per heavy atom. The maximum absolute atomic E-state index is 13.8. The Balaban J connectivity index is 1.36. The van der Waals surface area contributed by atoms with Gasteiger partial charge in [-0.25, -0.2) is 14.8 Å². The molecule has 204 valence electrons. The number of hydrogen-bond acceptors (Lipinski definition) is 9. The molecule has 2 amide bonds. The third kappa shape index (κ3) is 4.38. The zero-order valence-electron chi connectivity index (χ0n) is 22.6. The number of pyridine rings is 2. The maximum atomic E-state index is 13.8. The van der Waals surface area contributed by atoms with Gasteiger partial charge in [-0.2, -0.15) is 0 Å². The van der Waals surface area contributed by atoms with Crippen molar-refractivity contribution in [3.63, 3.8) is 0 Å². The Labute approximate surface area is 226 Å². The lowest BCUT2D eigenvalue weighted by molar-refractivity contribution is 0.0983. The molecule has 3 aliphatic rings. The Kier molecular flexibility index (Phi) is 6.21. The molecule has 0 saturated carbocycles. The molecule has 3 aliphatic heterocycles. The van der Waals surface area contributed by atoms with Gasteiger partial charge in [0, 0.05) is 31.1 Å². The number of fused-ring (bicyclic) bond motifs is 2. The summed E-state index contributed by atoms with van der Waals surface area (Å²) in [5.41, 5.74) is 2.36. The van der Waals surface area contributed by atoms with E-state index in [9.17, 15) is 9.59 Å². The molecule has 0 bridgehead atoms. The largest absolute Gasteiger partial charge is 0.443 e. The summed E-state index contributed by atoms with van der Waals surface area (Å²) in [6, 6.07) is 7.52. The number of aromatic nitrogens is 5. The molecule has 12 nitrogen and oxygen atoms in total. The summed E-state index contributed by atoms with van der Waals surface area (Å²) in [5.74, 6) is 2.65. The van der Waals surface area contributed by atoms with E-state index in [0.717, 1.165) is 24.2 Å². The van der Waals surface area contributed by atoms with Crippen molar-refractivity contribution in [1.82, 2.24) is 30.0 Å². The summed E-state index contributed by atoms with van der Waals surface area (Å²) in [5, 5.41) is 11.3. The zero-order valence-corrected chi connectivity index (χ0v) is 22.6. The molecular weight excluding hydrogens is 500 g/mol. The monoisotopic (exact) mass is 532 g/mol. The highest BCUT2D eigenvalue weighted by molar-refractivity contribution is 6.10. The van der Waals surface area contributed by atoms with Crippen molar-refractivity contribution >= 4 is 23.6 Å². The third-order valence-corrected chi connectivity index (χ3v) is 7.73. The summed E-state index contributed by atoms with van der Waals surface area (Å²) in [7, 11) is 1.50. The highest BCUT2D eigenvalue weighted by atomic mass is 16.5. The van der Waals surface area contributed by atoms with Crippen LogP contribution in [0.2, 0.25) is 0 Å². The molecule has 0 aromatic carbocycles. The number of ether oxygens (including phenoxy) is 2. The normalized spacial score (nSPS) is 19.7. The van der Waals surface area contributed by atoms with Gasteiger partial charge >= 0.3 is 6.09 Å². The highest BCUT2D eigenvalue weighted by Crippen LogP contribution is 2.36. The first-order valence-electron chi connectivity index (χ1n) is 13.2. The molecule has 3 aromatic rings. The summed E-state index contributed by atoms with van der Waals surface area (Å²) in [6.07, 6.45) is 1.30. The van der Waals surface area contributed by atoms with Crippen molar-refractivity contribution in [2.45, 2.75) is 58.3 Å². The number of amides is 2. The van der Waals surface area contributed by atoms with E-state index in [4.69, 9.17) is 19.4 Å². The van der Waals surface area contributed by atoms with Gasteiger partial charge in [-0.05, 0) is 45.4 Å². The lowest BCUT2D eigenvalue weighted by atomic mass is 10.0. The van der Waals surface area contributed by atoms with Crippen LogP contribution in [0, 0.1) is 0 Å². The van der Waals surface area contributed by atoms with Crippen molar-refractivity contribution < 1.29 is 19.1 Å². The fourth-order valence-corrected chi connectivity index (χ4v) is 5.59. The van der Waals surface area contributed by atoms with Gasteiger partial charge in [0.25, 0.3) is 5.91 Å². The van der Waals surface area contributed by atoms with Crippen LogP contribution in [-0.4, -0.2) is 69.6 Å². The predicted octanol–water partition coefficient (Wildman–Crippen LogP) is 2.66. The van der Waals surface area contributed by atoms with E-state index >= 15 is 0 Å². The molecule has 6 rings (SSSR count). The molecule has 3 aromatic heterocycles. The number of hydrogen-bond donors (Lipinski definition) is 1. The van der Waals surface area contributed by atoms with Crippen LogP contribution in [0.5, 0.6) is 0 Å². The number of alkyl carbamates (subject to hydrolysis) is 1. The standard InChI is InChI=1S/C27H32N8O4/c1-16-14-38-11-10-33(16)23-12-17-18(20(30-23)15-39-26(37)28-4)13-34(25(17)36)21-7-5-6-19(29-21)24-32-31-22-8-9-27(2,3)35(22)24/h5-7,12,16H,8-11,13-15H2,1-4H3,(H,28,37)/t16-/m1/s1. The van der Waals surface area contributed by atoms with Gasteiger partial charge in [0.2, 0.25) is 0 Å². The van der Waals surface area contributed by atoms with E-state index < -0.39 is 6.09 Å². The maximum Gasteiger partial charge on any atom is 0.407 e. The molecule has 0 unspecified atom stereocenters. The van der Waals surface area contributed by atoms with Gasteiger partial charge in [-0.15, -0.1) is 10.2 Å². The number of nitrogens with zero attached hydrogens (tertiary/aromatic N) is 7. The van der Waals surface area contributed by atoms with Gasteiger partial charge in [0.05, 0.1) is 37.1 Å². The second-order valence-corrected chi connectivity index (χ2v) is 10.8. The Hall–Kier alpha value is -4.06. The smallest absolute Gasteiger partial charge is 0.407 e. The number of rotatable bonds is 5. The quantitative estimate of drug-likeness (QED) is 0.527. The SMILES string of the molecule is CNC(=O)OCc1nc(N2CCOC[C@H]2C)cc2c1CN(c1cccc(-c3nnc4n3C(C)(C)CC4)n1)C2=O. The van der Waals surface area contributed by atoms with Crippen molar-refractivity contribution in [2.75, 3.05) is 36.6 Å². The van der Waals surface area contributed by atoms with Gasteiger partial charge in [0.15, 0.2) is 5.82 Å².